The second-order valence-electron chi connectivity index (χ2n) is 6.80. The third-order valence-electron chi connectivity index (χ3n) is 5.11. The number of rotatable bonds is 4. The van der Waals surface area contributed by atoms with Crippen molar-refractivity contribution in [3.8, 4) is 5.69 Å². The highest BCUT2D eigenvalue weighted by molar-refractivity contribution is 5.94. The maximum absolute atomic E-state index is 13.1. The molecule has 1 saturated heterocycles. The van der Waals surface area contributed by atoms with Crippen molar-refractivity contribution in [2.24, 2.45) is 0 Å². The van der Waals surface area contributed by atoms with Crippen molar-refractivity contribution in [2.75, 3.05) is 26.2 Å². The Morgan fingerprint density at radius 2 is 1.68 bits per heavy atom. The molecule has 1 atom stereocenters. The van der Waals surface area contributed by atoms with E-state index in [1.165, 1.54) is 24.3 Å². The Kier molecular flexibility index (Phi) is 5.12. The van der Waals surface area contributed by atoms with Gasteiger partial charge in [0.05, 0.1) is 11.7 Å². The van der Waals surface area contributed by atoms with Crippen LogP contribution >= 0.6 is 0 Å². The average molecular weight is 380 g/mol. The fourth-order valence-electron chi connectivity index (χ4n) is 3.46. The Hall–Kier alpha value is -3.13. The van der Waals surface area contributed by atoms with Crippen LogP contribution in [-0.2, 0) is 0 Å². The summed E-state index contributed by atoms with van der Waals surface area (Å²) < 4.78 is 14.8. The zero-order valence-corrected chi connectivity index (χ0v) is 15.6. The molecule has 3 aromatic rings. The summed E-state index contributed by atoms with van der Waals surface area (Å²) >= 11 is 0. The van der Waals surface area contributed by atoms with Crippen LogP contribution in [0.15, 0.2) is 54.6 Å². The summed E-state index contributed by atoms with van der Waals surface area (Å²) in [6, 6.07) is 15.5. The lowest BCUT2D eigenvalue weighted by Crippen LogP contribution is -2.49. The van der Waals surface area contributed by atoms with E-state index in [-0.39, 0.29) is 17.8 Å². The highest BCUT2D eigenvalue weighted by atomic mass is 19.1. The number of carbonyl (C=O) groups excluding carboxylic acids is 1. The average Bonchev–Trinajstić information content (AvgIpc) is 3.24. The number of halogens is 1. The van der Waals surface area contributed by atoms with Crippen molar-refractivity contribution in [1.82, 2.24) is 30.0 Å². The van der Waals surface area contributed by atoms with Gasteiger partial charge in [-0.3, -0.25) is 9.69 Å². The molecule has 1 aliphatic heterocycles. The molecule has 2 heterocycles. The summed E-state index contributed by atoms with van der Waals surface area (Å²) in [5, 5.41) is 12.2. The van der Waals surface area contributed by atoms with Gasteiger partial charge in [0.2, 0.25) is 0 Å². The molecular formula is C20H21FN6O. The third kappa shape index (κ3) is 3.63. The van der Waals surface area contributed by atoms with Crippen LogP contribution in [0, 0.1) is 5.82 Å². The zero-order valence-electron chi connectivity index (χ0n) is 15.6. The molecule has 0 N–H and O–H groups in total. The predicted molar refractivity (Wildman–Crippen MR) is 101 cm³/mol. The predicted octanol–water partition coefficient (Wildman–Crippen LogP) is 2.32. The topological polar surface area (TPSA) is 67.2 Å². The fourth-order valence-corrected chi connectivity index (χ4v) is 3.46. The summed E-state index contributed by atoms with van der Waals surface area (Å²) in [7, 11) is 0. The summed E-state index contributed by atoms with van der Waals surface area (Å²) in [5.41, 5.74) is 1.43. The zero-order chi connectivity index (χ0) is 19.5. The second-order valence-corrected chi connectivity index (χ2v) is 6.80. The smallest absolute Gasteiger partial charge is 0.253 e. The van der Waals surface area contributed by atoms with Crippen molar-refractivity contribution < 1.29 is 9.18 Å². The number of piperazine rings is 1. The molecule has 28 heavy (non-hydrogen) atoms. The first kappa shape index (κ1) is 18.2. The number of para-hydroxylation sites is 1. The van der Waals surface area contributed by atoms with E-state index in [1.807, 2.05) is 30.3 Å². The number of aromatic nitrogens is 4. The maximum Gasteiger partial charge on any atom is 0.253 e. The van der Waals surface area contributed by atoms with Gasteiger partial charge in [-0.1, -0.05) is 18.2 Å². The molecule has 1 aromatic heterocycles. The Labute approximate surface area is 162 Å². The highest BCUT2D eigenvalue weighted by Gasteiger charge is 2.28. The first-order valence-electron chi connectivity index (χ1n) is 9.26. The maximum atomic E-state index is 13.1. The van der Waals surface area contributed by atoms with Crippen LogP contribution in [0.4, 0.5) is 4.39 Å². The largest absolute Gasteiger partial charge is 0.336 e. The van der Waals surface area contributed by atoms with E-state index in [1.54, 1.807) is 9.58 Å². The van der Waals surface area contributed by atoms with Crippen molar-refractivity contribution in [2.45, 2.75) is 13.0 Å². The van der Waals surface area contributed by atoms with E-state index in [0.717, 1.165) is 24.6 Å². The minimum absolute atomic E-state index is 0.0123. The molecule has 1 aliphatic rings. The molecular weight excluding hydrogens is 359 g/mol. The quantitative estimate of drug-likeness (QED) is 0.695. The number of hydrogen-bond acceptors (Lipinski definition) is 5. The molecule has 0 radical (unpaired) electrons. The van der Waals surface area contributed by atoms with Gasteiger partial charge in [-0.05, 0) is 53.7 Å². The second kappa shape index (κ2) is 7.85. The molecule has 7 nitrogen and oxygen atoms in total. The standard InChI is InChI=1S/C20H21FN6O/c1-15(19-22-23-24-27(19)18-5-3-2-4-6-18)25-11-13-26(14-12-25)20(28)16-7-9-17(21)10-8-16/h2-10,15H,11-14H2,1H3/t15-/m1/s1. The molecule has 4 rings (SSSR count). The number of hydrogen-bond donors (Lipinski definition) is 0. The van der Waals surface area contributed by atoms with E-state index in [0.29, 0.717) is 18.7 Å². The monoisotopic (exact) mass is 380 g/mol. The highest BCUT2D eigenvalue weighted by Crippen LogP contribution is 2.22. The third-order valence-corrected chi connectivity index (χ3v) is 5.11. The summed E-state index contributed by atoms with van der Waals surface area (Å²) in [6.07, 6.45) is 0. The number of carbonyl (C=O) groups is 1. The Morgan fingerprint density at radius 3 is 2.36 bits per heavy atom. The summed E-state index contributed by atoms with van der Waals surface area (Å²) in [4.78, 5) is 16.7. The normalized spacial score (nSPS) is 16.1. The summed E-state index contributed by atoms with van der Waals surface area (Å²) in [6.45, 7) is 4.72. The van der Waals surface area contributed by atoms with Crippen LogP contribution in [0.1, 0.15) is 29.1 Å². The van der Waals surface area contributed by atoms with Gasteiger partial charge in [0, 0.05) is 31.7 Å². The number of tetrazole rings is 1. The molecule has 0 bridgehead atoms. The lowest BCUT2D eigenvalue weighted by Gasteiger charge is -2.37. The van der Waals surface area contributed by atoms with Crippen LogP contribution in [0.5, 0.6) is 0 Å². The van der Waals surface area contributed by atoms with Crippen LogP contribution in [0.2, 0.25) is 0 Å². The molecule has 0 spiro atoms. The number of benzene rings is 2. The minimum Gasteiger partial charge on any atom is -0.336 e. The Morgan fingerprint density at radius 1 is 1.00 bits per heavy atom. The molecule has 8 heteroatoms. The molecule has 0 saturated carbocycles. The van der Waals surface area contributed by atoms with Crippen LogP contribution in [-0.4, -0.2) is 62.1 Å². The van der Waals surface area contributed by atoms with Crippen LogP contribution in [0.3, 0.4) is 0 Å². The van der Waals surface area contributed by atoms with E-state index in [9.17, 15) is 9.18 Å². The van der Waals surface area contributed by atoms with Crippen molar-refractivity contribution >= 4 is 5.91 Å². The molecule has 0 aliphatic carbocycles. The van der Waals surface area contributed by atoms with E-state index >= 15 is 0 Å². The molecule has 1 fully saturated rings. The van der Waals surface area contributed by atoms with Crippen LogP contribution in [0.25, 0.3) is 5.69 Å². The lowest BCUT2D eigenvalue weighted by atomic mass is 10.1. The van der Waals surface area contributed by atoms with Gasteiger partial charge in [-0.2, -0.15) is 4.68 Å². The van der Waals surface area contributed by atoms with Gasteiger partial charge in [0.15, 0.2) is 5.82 Å². The first-order valence-corrected chi connectivity index (χ1v) is 9.26. The molecule has 1 amide bonds. The lowest BCUT2D eigenvalue weighted by molar-refractivity contribution is 0.0573. The Balaban J connectivity index is 1.42. The van der Waals surface area contributed by atoms with Gasteiger partial charge < -0.3 is 4.90 Å². The SMILES string of the molecule is C[C@H](c1nnnn1-c1ccccc1)N1CCN(C(=O)c2ccc(F)cc2)CC1. The first-order chi connectivity index (χ1) is 13.6. The van der Waals surface area contributed by atoms with Crippen molar-refractivity contribution in [3.63, 3.8) is 0 Å². The minimum atomic E-state index is -0.341. The van der Waals surface area contributed by atoms with Gasteiger partial charge in [0.25, 0.3) is 5.91 Å². The Bertz CT molecular complexity index is 935. The van der Waals surface area contributed by atoms with Gasteiger partial charge in [-0.15, -0.1) is 5.10 Å². The van der Waals surface area contributed by atoms with Crippen LogP contribution < -0.4 is 0 Å². The molecule has 0 unspecified atom stereocenters. The number of amides is 1. The molecule has 144 valence electrons. The van der Waals surface area contributed by atoms with Crippen molar-refractivity contribution in [3.05, 3.63) is 71.8 Å². The molecule has 2 aromatic carbocycles. The van der Waals surface area contributed by atoms with E-state index in [2.05, 4.69) is 27.3 Å². The fraction of sp³-hybridized carbons (Fsp3) is 0.300. The van der Waals surface area contributed by atoms with E-state index in [4.69, 9.17) is 0 Å². The van der Waals surface area contributed by atoms with Gasteiger partial charge in [0.1, 0.15) is 5.82 Å². The number of nitrogens with zero attached hydrogens (tertiary/aromatic N) is 6. The van der Waals surface area contributed by atoms with Gasteiger partial charge in [-0.25, -0.2) is 4.39 Å². The van der Waals surface area contributed by atoms with Gasteiger partial charge >= 0.3 is 0 Å². The van der Waals surface area contributed by atoms with Crippen molar-refractivity contribution in [1.29, 1.82) is 0 Å². The van der Waals surface area contributed by atoms with E-state index < -0.39 is 0 Å². The summed E-state index contributed by atoms with van der Waals surface area (Å²) in [5.74, 6) is 0.359.